The standard InChI is InChI=1S/C9H11N5O3/c1-2-3-6(8(15)16)13-9(17)10-4-7-11-5-12-14-7/h1,5-6H,3-4H2,(H,15,16)(H2,10,13,17)(H,11,12,14). The molecule has 8 heteroatoms. The highest BCUT2D eigenvalue weighted by Crippen LogP contribution is 1.91. The summed E-state index contributed by atoms with van der Waals surface area (Å²) in [6, 6.07) is -1.74. The van der Waals surface area contributed by atoms with Crippen LogP contribution in [0.15, 0.2) is 6.33 Å². The van der Waals surface area contributed by atoms with Gasteiger partial charge in [-0.3, -0.25) is 5.10 Å². The molecule has 1 rings (SSSR count). The fraction of sp³-hybridized carbons (Fsp3) is 0.333. The summed E-state index contributed by atoms with van der Waals surface area (Å²) in [5, 5.41) is 19.5. The fourth-order valence-corrected chi connectivity index (χ4v) is 1.01. The van der Waals surface area contributed by atoms with E-state index in [0.29, 0.717) is 5.82 Å². The predicted molar refractivity (Wildman–Crippen MR) is 56.6 cm³/mol. The molecule has 0 aliphatic heterocycles. The topological polar surface area (TPSA) is 120 Å². The van der Waals surface area contributed by atoms with Gasteiger partial charge in [-0.15, -0.1) is 12.3 Å². The maximum Gasteiger partial charge on any atom is 0.327 e. The maximum atomic E-state index is 11.3. The van der Waals surface area contributed by atoms with Gasteiger partial charge in [0.1, 0.15) is 18.2 Å². The highest BCUT2D eigenvalue weighted by molar-refractivity contribution is 5.82. The number of terminal acetylenes is 1. The van der Waals surface area contributed by atoms with E-state index < -0.39 is 18.0 Å². The summed E-state index contributed by atoms with van der Waals surface area (Å²) in [6.07, 6.45) is 6.21. The number of carboxylic acids is 1. The molecule has 0 fully saturated rings. The van der Waals surface area contributed by atoms with Crippen molar-refractivity contribution in [1.82, 2.24) is 25.8 Å². The van der Waals surface area contributed by atoms with Crippen LogP contribution in [-0.2, 0) is 11.3 Å². The van der Waals surface area contributed by atoms with Crippen LogP contribution >= 0.6 is 0 Å². The molecule has 1 atom stereocenters. The number of carboxylic acid groups (broad SMARTS) is 1. The third-order valence-corrected chi connectivity index (χ3v) is 1.81. The van der Waals surface area contributed by atoms with Crippen molar-refractivity contribution in [3.8, 4) is 12.3 Å². The quantitative estimate of drug-likeness (QED) is 0.494. The van der Waals surface area contributed by atoms with Gasteiger partial charge in [-0.2, -0.15) is 5.10 Å². The van der Waals surface area contributed by atoms with Gasteiger partial charge in [0.05, 0.1) is 6.54 Å². The first-order valence-corrected chi connectivity index (χ1v) is 4.68. The Morgan fingerprint density at radius 2 is 2.41 bits per heavy atom. The summed E-state index contributed by atoms with van der Waals surface area (Å²) in [5.74, 6) is 1.45. The van der Waals surface area contributed by atoms with Crippen LogP contribution in [0.5, 0.6) is 0 Å². The van der Waals surface area contributed by atoms with Crippen LogP contribution in [0.3, 0.4) is 0 Å². The number of aromatic amines is 1. The minimum Gasteiger partial charge on any atom is -0.480 e. The molecule has 8 nitrogen and oxygen atoms in total. The molecule has 1 unspecified atom stereocenters. The second-order valence-corrected chi connectivity index (χ2v) is 3.06. The Morgan fingerprint density at radius 3 is 2.94 bits per heavy atom. The zero-order valence-corrected chi connectivity index (χ0v) is 8.80. The van der Waals surface area contributed by atoms with Crippen LogP contribution in [0, 0.1) is 12.3 Å². The third-order valence-electron chi connectivity index (χ3n) is 1.81. The van der Waals surface area contributed by atoms with Gasteiger partial charge in [0.2, 0.25) is 0 Å². The molecule has 2 amide bonds. The van der Waals surface area contributed by atoms with Gasteiger partial charge in [-0.05, 0) is 0 Å². The van der Waals surface area contributed by atoms with Crippen molar-refractivity contribution in [1.29, 1.82) is 0 Å². The van der Waals surface area contributed by atoms with Crippen LogP contribution in [0.4, 0.5) is 4.79 Å². The third kappa shape index (κ3) is 4.21. The molecule has 4 N–H and O–H groups in total. The van der Waals surface area contributed by atoms with Crippen LogP contribution in [-0.4, -0.2) is 38.3 Å². The number of H-pyrrole nitrogens is 1. The number of carbonyl (C=O) groups is 2. The molecule has 1 aromatic rings. The van der Waals surface area contributed by atoms with E-state index in [0.717, 1.165) is 0 Å². The number of amides is 2. The molecule has 0 bridgehead atoms. The average molecular weight is 237 g/mol. The van der Waals surface area contributed by atoms with Crippen molar-refractivity contribution in [3.05, 3.63) is 12.2 Å². The maximum absolute atomic E-state index is 11.3. The van der Waals surface area contributed by atoms with Crippen LogP contribution in [0.1, 0.15) is 12.2 Å². The molecule has 0 saturated carbocycles. The second kappa shape index (κ2) is 6.12. The van der Waals surface area contributed by atoms with E-state index in [1.54, 1.807) is 0 Å². The van der Waals surface area contributed by atoms with Crippen molar-refractivity contribution in [2.45, 2.75) is 19.0 Å². The molecule has 0 aromatic carbocycles. The van der Waals surface area contributed by atoms with Gasteiger partial charge < -0.3 is 15.7 Å². The van der Waals surface area contributed by atoms with E-state index in [-0.39, 0.29) is 13.0 Å². The Hall–Kier alpha value is -2.56. The summed E-state index contributed by atoms with van der Waals surface area (Å²) < 4.78 is 0. The summed E-state index contributed by atoms with van der Waals surface area (Å²) in [6.45, 7) is 0.119. The zero-order chi connectivity index (χ0) is 12.7. The first-order valence-electron chi connectivity index (χ1n) is 4.68. The zero-order valence-electron chi connectivity index (χ0n) is 8.80. The molecule has 1 aromatic heterocycles. The Labute approximate surface area is 96.8 Å². The van der Waals surface area contributed by atoms with E-state index >= 15 is 0 Å². The van der Waals surface area contributed by atoms with Gasteiger partial charge in [0.15, 0.2) is 0 Å². The number of aromatic nitrogens is 3. The Bertz CT molecular complexity index is 422. The molecule has 0 spiro atoms. The van der Waals surface area contributed by atoms with Gasteiger partial charge >= 0.3 is 12.0 Å². The Kier molecular flexibility index (Phi) is 4.50. The van der Waals surface area contributed by atoms with Crippen LogP contribution in [0.25, 0.3) is 0 Å². The summed E-state index contributed by atoms with van der Waals surface area (Å²) in [5.41, 5.74) is 0. The highest BCUT2D eigenvalue weighted by atomic mass is 16.4. The van der Waals surface area contributed by atoms with Gasteiger partial charge in [0.25, 0.3) is 0 Å². The normalized spacial score (nSPS) is 11.2. The first-order chi connectivity index (χ1) is 8.13. The molecule has 90 valence electrons. The number of carbonyl (C=O) groups excluding carboxylic acids is 1. The summed E-state index contributed by atoms with van der Waals surface area (Å²) in [7, 11) is 0. The first kappa shape index (κ1) is 12.5. The van der Waals surface area contributed by atoms with Crippen molar-refractivity contribution in [2.75, 3.05) is 0 Å². The van der Waals surface area contributed by atoms with E-state index in [9.17, 15) is 9.59 Å². The molecule has 0 aliphatic rings. The Morgan fingerprint density at radius 1 is 1.65 bits per heavy atom. The monoisotopic (exact) mass is 237 g/mol. The lowest BCUT2D eigenvalue weighted by atomic mass is 10.2. The largest absolute Gasteiger partial charge is 0.480 e. The average Bonchev–Trinajstić information content (AvgIpc) is 2.78. The van der Waals surface area contributed by atoms with Crippen molar-refractivity contribution < 1.29 is 14.7 Å². The molecular weight excluding hydrogens is 226 g/mol. The minimum atomic E-state index is -1.18. The minimum absolute atomic E-state index is 0.0783. The predicted octanol–water partition coefficient (Wildman–Crippen LogP) is -0.920. The number of hydrogen-bond acceptors (Lipinski definition) is 4. The van der Waals surface area contributed by atoms with Crippen molar-refractivity contribution in [2.24, 2.45) is 0 Å². The number of rotatable bonds is 5. The smallest absolute Gasteiger partial charge is 0.327 e. The number of urea groups is 1. The lowest BCUT2D eigenvalue weighted by Gasteiger charge is -2.11. The second-order valence-electron chi connectivity index (χ2n) is 3.06. The fourth-order valence-electron chi connectivity index (χ4n) is 1.01. The highest BCUT2D eigenvalue weighted by Gasteiger charge is 2.18. The van der Waals surface area contributed by atoms with Gasteiger partial charge in [0, 0.05) is 6.42 Å². The van der Waals surface area contributed by atoms with E-state index in [4.69, 9.17) is 11.5 Å². The van der Waals surface area contributed by atoms with Gasteiger partial charge in [-0.1, -0.05) is 0 Å². The number of aliphatic carboxylic acids is 1. The summed E-state index contributed by atoms with van der Waals surface area (Å²) in [4.78, 5) is 25.8. The Balaban J connectivity index is 2.37. The molecule has 17 heavy (non-hydrogen) atoms. The van der Waals surface area contributed by atoms with Gasteiger partial charge in [-0.25, -0.2) is 14.6 Å². The molecule has 1 heterocycles. The molecular formula is C9H11N5O3. The number of nitrogens with one attached hydrogen (secondary N) is 3. The lowest BCUT2D eigenvalue weighted by Crippen LogP contribution is -2.45. The number of nitrogens with zero attached hydrogens (tertiary/aromatic N) is 2. The summed E-state index contributed by atoms with van der Waals surface area (Å²) >= 11 is 0. The van der Waals surface area contributed by atoms with Crippen LogP contribution < -0.4 is 10.6 Å². The molecule has 0 aliphatic carbocycles. The van der Waals surface area contributed by atoms with Crippen LogP contribution in [0.2, 0.25) is 0 Å². The van der Waals surface area contributed by atoms with E-state index in [1.807, 2.05) is 0 Å². The molecule has 0 saturated heterocycles. The van der Waals surface area contributed by atoms with E-state index in [1.165, 1.54) is 6.33 Å². The van der Waals surface area contributed by atoms with Crippen molar-refractivity contribution in [3.63, 3.8) is 0 Å². The van der Waals surface area contributed by atoms with E-state index in [2.05, 4.69) is 31.7 Å². The molecule has 0 radical (unpaired) electrons. The SMILES string of the molecule is C#CCC(NC(=O)NCc1ncn[nH]1)C(=O)O. The lowest BCUT2D eigenvalue weighted by molar-refractivity contribution is -0.139. The van der Waals surface area contributed by atoms with Crippen molar-refractivity contribution >= 4 is 12.0 Å². The number of hydrogen-bond donors (Lipinski definition) is 4.